The average Bonchev–Trinajstić information content (AvgIpc) is 2.65. The lowest BCUT2D eigenvalue weighted by molar-refractivity contribution is -0.115. The standard InChI is InChI=1S/C24H37NO5S/c1-6-7-8-12-20-15-22(27)21(14-13-18(4)11-9-10-17(2)3)23(28)24(20)31(29,30)25-16-19(5)26/h10,13,15,25,27-28H,6-9,11-12,14,16H2,1-5H3. The molecule has 0 radical (unpaired) electrons. The number of hydrogen-bond acceptors (Lipinski definition) is 5. The van der Waals surface area contributed by atoms with Crippen LogP contribution in [-0.4, -0.2) is 31.0 Å². The van der Waals surface area contributed by atoms with Crippen molar-refractivity contribution in [3.63, 3.8) is 0 Å². The molecule has 31 heavy (non-hydrogen) atoms. The summed E-state index contributed by atoms with van der Waals surface area (Å²) in [5.41, 5.74) is 2.86. The molecule has 174 valence electrons. The predicted molar refractivity (Wildman–Crippen MR) is 125 cm³/mol. The average molecular weight is 452 g/mol. The molecule has 1 rings (SSSR count). The van der Waals surface area contributed by atoms with Gasteiger partial charge in [-0.25, -0.2) is 13.1 Å². The first-order valence-electron chi connectivity index (χ1n) is 10.8. The van der Waals surface area contributed by atoms with E-state index in [0.717, 1.165) is 37.7 Å². The summed E-state index contributed by atoms with van der Waals surface area (Å²) < 4.78 is 28.0. The van der Waals surface area contributed by atoms with Gasteiger partial charge in [-0.15, -0.1) is 0 Å². The number of phenolic OH excluding ortho intramolecular Hbond substituents is 2. The van der Waals surface area contributed by atoms with Gasteiger partial charge >= 0.3 is 0 Å². The number of nitrogens with one attached hydrogen (secondary N) is 1. The SMILES string of the molecule is CCCCCc1cc(O)c(CC=C(C)CCC=C(C)C)c(O)c1S(=O)(=O)NCC(C)=O. The van der Waals surface area contributed by atoms with Crippen LogP contribution < -0.4 is 4.72 Å². The van der Waals surface area contributed by atoms with Crippen molar-refractivity contribution in [1.29, 1.82) is 0 Å². The van der Waals surface area contributed by atoms with Crippen LogP contribution in [0, 0.1) is 0 Å². The predicted octanol–water partition coefficient (Wildman–Crippen LogP) is 4.93. The molecular weight excluding hydrogens is 414 g/mol. The number of hydrogen-bond donors (Lipinski definition) is 3. The zero-order valence-electron chi connectivity index (χ0n) is 19.4. The lowest BCUT2D eigenvalue weighted by Crippen LogP contribution is -2.29. The van der Waals surface area contributed by atoms with Crippen LogP contribution in [0.4, 0.5) is 0 Å². The van der Waals surface area contributed by atoms with Gasteiger partial charge in [0.15, 0.2) is 0 Å². The van der Waals surface area contributed by atoms with E-state index in [4.69, 9.17) is 0 Å². The van der Waals surface area contributed by atoms with Crippen LogP contribution in [0.5, 0.6) is 11.5 Å². The second-order valence-corrected chi connectivity index (χ2v) is 9.97. The molecule has 0 aliphatic rings. The molecule has 0 aliphatic carbocycles. The fraction of sp³-hybridized carbons (Fsp3) is 0.542. The number of unbranched alkanes of at least 4 members (excludes halogenated alkanes) is 2. The maximum atomic E-state index is 12.9. The van der Waals surface area contributed by atoms with Crippen LogP contribution in [0.15, 0.2) is 34.3 Å². The van der Waals surface area contributed by atoms with Crippen LogP contribution >= 0.6 is 0 Å². The molecule has 1 aromatic rings. The Hall–Kier alpha value is -2.12. The topological polar surface area (TPSA) is 104 Å². The highest BCUT2D eigenvalue weighted by atomic mass is 32.2. The monoisotopic (exact) mass is 451 g/mol. The number of carbonyl (C=O) groups excluding carboxylic acids is 1. The van der Waals surface area contributed by atoms with Crippen molar-refractivity contribution in [3.05, 3.63) is 40.5 Å². The Bertz CT molecular complexity index is 926. The number of Topliss-reactive ketones (excluding diaryl/α,β-unsaturated/α-hetero) is 1. The van der Waals surface area contributed by atoms with E-state index < -0.39 is 15.8 Å². The van der Waals surface area contributed by atoms with E-state index in [1.54, 1.807) is 0 Å². The molecule has 3 N–H and O–H groups in total. The van der Waals surface area contributed by atoms with Gasteiger partial charge in [-0.1, -0.05) is 43.1 Å². The van der Waals surface area contributed by atoms with E-state index in [1.807, 2.05) is 33.8 Å². The van der Waals surface area contributed by atoms with E-state index in [1.165, 1.54) is 18.6 Å². The molecule has 0 saturated heterocycles. The molecular formula is C24H37NO5S. The third kappa shape index (κ3) is 8.87. The zero-order valence-corrected chi connectivity index (χ0v) is 20.2. The molecule has 7 heteroatoms. The van der Waals surface area contributed by atoms with Crippen molar-refractivity contribution in [3.8, 4) is 11.5 Å². The Labute approximate surface area is 187 Å². The second-order valence-electron chi connectivity index (χ2n) is 8.27. The van der Waals surface area contributed by atoms with E-state index in [9.17, 15) is 23.4 Å². The van der Waals surface area contributed by atoms with Crippen LogP contribution in [-0.2, 0) is 27.7 Å². The van der Waals surface area contributed by atoms with Gasteiger partial charge in [0.1, 0.15) is 22.2 Å². The molecule has 0 aromatic heterocycles. The van der Waals surface area contributed by atoms with Gasteiger partial charge < -0.3 is 10.2 Å². The van der Waals surface area contributed by atoms with Crippen molar-refractivity contribution in [2.75, 3.05) is 6.54 Å². The minimum Gasteiger partial charge on any atom is -0.508 e. The van der Waals surface area contributed by atoms with Crippen molar-refractivity contribution < 1.29 is 23.4 Å². The van der Waals surface area contributed by atoms with E-state index in [-0.39, 0.29) is 35.0 Å². The quantitative estimate of drug-likeness (QED) is 0.291. The van der Waals surface area contributed by atoms with Crippen molar-refractivity contribution in [2.24, 2.45) is 0 Å². The van der Waals surface area contributed by atoms with Gasteiger partial charge in [-0.3, -0.25) is 4.79 Å². The fourth-order valence-electron chi connectivity index (χ4n) is 3.22. The third-order valence-electron chi connectivity index (χ3n) is 4.99. The van der Waals surface area contributed by atoms with Gasteiger partial charge in [-0.05, 0) is 71.4 Å². The molecule has 0 atom stereocenters. The minimum atomic E-state index is -4.12. The van der Waals surface area contributed by atoms with Gasteiger partial charge in [0, 0.05) is 5.56 Å². The molecule has 0 bridgehead atoms. The summed E-state index contributed by atoms with van der Waals surface area (Å²) in [5, 5.41) is 21.4. The van der Waals surface area contributed by atoms with Crippen LogP contribution in [0.25, 0.3) is 0 Å². The number of ketones is 1. The van der Waals surface area contributed by atoms with Gasteiger partial charge in [0.2, 0.25) is 10.0 Å². The number of allylic oxidation sites excluding steroid dienone is 4. The lowest BCUT2D eigenvalue weighted by Gasteiger charge is -2.17. The summed E-state index contributed by atoms with van der Waals surface area (Å²) in [7, 11) is -4.12. The molecule has 0 heterocycles. The largest absolute Gasteiger partial charge is 0.508 e. The molecule has 6 nitrogen and oxygen atoms in total. The molecule has 0 amide bonds. The van der Waals surface area contributed by atoms with Crippen LogP contribution in [0.2, 0.25) is 0 Å². The number of sulfonamides is 1. The number of rotatable bonds is 13. The Kier molecular flexibility index (Phi) is 11.0. The number of phenols is 2. The first kappa shape index (κ1) is 26.9. The van der Waals surface area contributed by atoms with Crippen LogP contribution in [0.1, 0.15) is 77.8 Å². The molecule has 0 aliphatic heterocycles. The summed E-state index contributed by atoms with van der Waals surface area (Å²) in [6.45, 7) is 9.03. The number of aromatic hydroxyl groups is 2. The summed E-state index contributed by atoms with van der Waals surface area (Å²) in [6, 6.07) is 1.43. The van der Waals surface area contributed by atoms with E-state index >= 15 is 0 Å². The molecule has 1 aromatic carbocycles. The number of aryl methyl sites for hydroxylation is 1. The molecule has 0 unspecified atom stereocenters. The van der Waals surface area contributed by atoms with Gasteiger partial charge in [0.25, 0.3) is 0 Å². The highest BCUT2D eigenvalue weighted by Crippen LogP contribution is 2.38. The van der Waals surface area contributed by atoms with E-state index in [0.29, 0.717) is 12.0 Å². The molecule has 0 fully saturated rings. The lowest BCUT2D eigenvalue weighted by atomic mass is 10.00. The zero-order chi connectivity index (χ0) is 23.6. The van der Waals surface area contributed by atoms with Gasteiger partial charge in [0.05, 0.1) is 6.54 Å². The summed E-state index contributed by atoms with van der Waals surface area (Å²) in [4.78, 5) is 11.0. The highest BCUT2D eigenvalue weighted by molar-refractivity contribution is 7.89. The maximum absolute atomic E-state index is 12.9. The first-order chi connectivity index (χ1) is 14.5. The Morgan fingerprint density at radius 2 is 1.77 bits per heavy atom. The summed E-state index contributed by atoms with van der Waals surface area (Å²) >= 11 is 0. The van der Waals surface area contributed by atoms with Crippen LogP contribution in [0.3, 0.4) is 0 Å². The Balaban J connectivity index is 3.32. The third-order valence-corrected chi connectivity index (χ3v) is 6.51. The number of carbonyl (C=O) groups is 1. The second kappa shape index (κ2) is 12.7. The minimum absolute atomic E-state index is 0.122. The molecule has 0 saturated carbocycles. The Morgan fingerprint density at radius 3 is 2.35 bits per heavy atom. The summed E-state index contributed by atoms with van der Waals surface area (Å²) in [5.74, 6) is -0.900. The van der Waals surface area contributed by atoms with Crippen molar-refractivity contribution >= 4 is 15.8 Å². The van der Waals surface area contributed by atoms with Gasteiger partial charge in [-0.2, -0.15) is 0 Å². The smallest absolute Gasteiger partial charge is 0.244 e. The van der Waals surface area contributed by atoms with Crippen molar-refractivity contribution in [1.82, 2.24) is 4.72 Å². The first-order valence-corrected chi connectivity index (χ1v) is 12.3. The highest BCUT2D eigenvalue weighted by Gasteiger charge is 2.27. The van der Waals surface area contributed by atoms with Crippen molar-refractivity contribution in [2.45, 2.75) is 84.5 Å². The Morgan fingerprint density at radius 1 is 1.10 bits per heavy atom. The van der Waals surface area contributed by atoms with E-state index in [2.05, 4.69) is 10.8 Å². The molecule has 0 spiro atoms. The normalized spacial score (nSPS) is 12.1. The summed E-state index contributed by atoms with van der Waals surface area (Å²) in [6.07, 6.45) is 8.97. The fourth-order valence-corrected chi connectivity index (χ4v) is 4.64. The number of benzene rings is 1. The maximum Gasteiger partial charge on any atom is 0.244 e.